The molecule has 4 nitrogen and oxygen atoms in total. The minimum atomic E-state index is 0.607. The highest BCUT2D eigenvalue weighted by Gasteiger charge is 2.05. The topological polar surface area (TPSA) is 48.2 Å². The van der Waals surface area contributed by atoms with Crippen molar-refractivity contribution in [1.29, 1.82) is 0 Å². The predicted molar refractivity (Wildman–Crippen MR) is 67.1 cm³/mol. The Morgan fingerprint density at radius 2 is 2.18 bits per heavy atom. The van der Waals surface area contributed by atoms with Crippen molar-refractivity contribution >= 4 is 15.9 Å². The molecule has 5 heteroatoms. The molecular weight excluding hydrogens is 284 g/mol. The van der Waals surface area contributed by atoms with Crippen LogP contribution in [0.2, 0.25) is 0 Å². The SMILES string of the molecule is COc1ccc(CCc2noc(C)n2)cc1Br. The van der Waals surface area contributed by atoms with Gasteiger partial charge in [-0.25, -0.2) is 0 Å². The highest BCUT2D eigenvalue weighted by Crippen LogP contribution is 2.25. The molecule has 0 fully saturated rings. The number of hydrogen-bond donors (Lipinski definition) is 0. The van der Waals surface area contributed by atoms with Gasteiger partial charge in [0.15, 0.2) is 5.82 Å². The van der Waals surface area contributed by atoms with Gasteiger partial charge < -0.3 is 9.26 Å². The molecule has 0 aliphatic heterocycles. The normalized spacial score (nSPS) is 10.5. The lowest BCUT2D eigenvalue weighted by molar-refractivity contribution is 0.387. The predicted octanol–water partition coefficient (Wildman–Crippen LogP) is 2.93. The molecule has 0 aliphatic carbocycles. The first-order valence-electron chi connectivity index (χ1n) is 5.30. The Kier molecular flexibility index (Phi) is 3.78. The van der Waals surface area contributed by atoms with Gasteiger partial charge in [-0.2, -0.15) is 4.98 Å². The third-order valence-electron chi connectivity index (χ3n) is 2.42. The summed E-state index contributed by atoms with van der Waals surface area (Å²) in [7, 11) is 1.65. The fourth-order valence-electron chi connectivity index (χ4n) is 1.56. The van der Waals surface area contributed by atoms with Crippen molar-refractivity contribution in [2.24, 2.45) is 0 Å². The zero-order valence-electron chi connectivity index (χ0n) is 9.74. The second-order valence-corrected chi connectivity index (χ2v) is 4.55. The van der Waals surface area contributed by atoms with Crippen molar-refractivity contribution < 1.29 is 9.26 Å². The van der Waals surface area contributed by atoms with Gasteiger partial charge in [-0.3, -0.25) is 0 Å². The summed E-state index contributed by atoms with van der Waals surface area (Å²) in [6.45, 7) is 1.79. The average molecular weight is 297 g/mol. The zero-order chi connectivity index (χ0) is 12.3. The second-order valence-electron chi connectivity index (χ2n) is 3.70. The van der Waals surface area contributed by atoms with E-state index >= 15 is 0 Å². The van der Waals surface area contributed by atoms with Crippen LogP contribution in [0.15, 0.2) is 27.2 Å². The molecule has 90 valence electrons. The lowest BCUT2D eigenvalue weighted by Crippen LogP contribution is -1.94. The molecule has 0 radical (unpaired) electrons. The highest BCUT2D eigenvalue weighted by molar-refractivity contribution is 9.10. The monoisotopic (exact) mass is 296 g/mol. The second kappa shape index (κ2) is 5.31. The van der Waals surface area contributed by atoms with E-state index in [1.165, 1.54) is 5.56 Å². The maximum Gasteiger partial charge on any atom is 0.223 e. The number of benzene rings is 1. The fraction of sp³-hybridized carbons (Fsp3) is 0.333. The maximum absolute atomic E-state index is 5.18. The Morgan fingerprint density at radius 3 is 2.76 bits per heavy atom. The molecule has 0 bridgehead atoms. The van der Waals surface area contributed by atoms with E-state index in [1.54, 1.807) is 14.0 Å². The molecule has 1 aromatic heterocycles. The zero-order valence-corrected chi connectivity index (χ0v) is 11.3. The largest absolute Gasteiger partial charge is 0.496 e. The molecule has 17 heavy (non-hydrogen) atoms. The van der Waals surface area contributed by atoms with Crippen LogP contribution in [0, 0.1) is 6.92 Å². The molecule has 0 spiro atoms. The molecule has 2 aromatic rings. The van der Waals surface area contributed by atoms with Crippen molar-refractivity contribution in [3.05, 3.63) is 40.0 Å². The summed E-state index contributed by atoms with van der Waals surface area (Å²) in [6, 6.07) is 6.03. The lowest BCUT2D eigenvalue weighted by atomic mass is 10.1. The van der Waals surface area contributed by atoms with E-state index < -0.39 is 0 Å². The van der Waals surface area contributed by atoms with Gasteiger partial charge in [-0.05, 0) is 40.0 Å². The van der Waals surface area contributed by atoms with Gasteiger partial charge in [-0.15, -0.1) is 0 Å². The summed E-state index contributed by atoms with van der Waals surface area (Å²) in [5, 5.41) is 3.86. The van der Waals surface area contributed by atoms with Gasteiger partial charge in [0.25, 0.3) is 0 Å². The van der Waals surface area contributed by atoms with E-state index in [2.05, 4.69) is 26.1 Å². The van der Waals surface area contributed by atoms with Crippen molar-refractivity contribution in [2.75, 3.05) is 7.11 Å². The third-order valence-corrected chi connectivity index (χ3v) is 3.04. The van der Waals surface area contributed by atoms with Crippen LogP contribution >= 0.6 is 15.9 Å². The minimum Gasteiger partial charge on any atom is -0.496 e. The van der Waals surface area contributed by atoms with Crippen LogP contribution in [0.25, 0.3) is 0 Å². The smallest absolute Gasteiger partial charge is 0.223 e. The Labute approximate surface area is 108 Å². The van der Waals surface area contributed by atoms with Crippen LogP contribution in [0.5, 0.6) is 5.75 Å². The average Bonchev–Trinajstić information content (AvgIpc) is 2.73. The van der Waals surface area contributed by atoms with Crippen molar-refractivity contribution in [2.45, 2.75) is 19.8 Å². The molecule has 0 aliphatic rings. The number of rotatable bonds is 4. The van der Waals surface area contributed by atoms with E-state index in [0.717, 1.165) is 28.9 Å². The first kappa shape index (κ1) is 12.1. The Balaban J connectivity index is 2.02. The summed E-state index contributed by atoms with van der Waals surface area (Å²) in [5.74, 6) is 2.19. The third kappa shape index (κ3) is 3.06. The van der Waals surface area contributed by atoms with E-state index in [-0.39, 0.29) is 0 Å². The molecule has 2 rings (SSSR count). The number of halogens is 1. The molecular formula is C12H13BrN2O2. The van der Waals surface area contributed by atoms with Crippen LogP contribution in [-0.4, -0.2) is 17.3 Å². The molecule has 0 amide bonds. The first-order valence-corrected chi connectivity index (χ1v) is 6.10. The molecule has 1 aromatic carbocycles. The van der Waals surface area contributed by atoms with Crippen LogP contribution in [0.1, 0.15) is 17.3 Å². The summed E-state index contributed by atoms with van der Waals surface area (Å²) < 4.78 is 11.1. The maximum atomic E-state index is 5.18. The Hall–Kier alpha value is -1.36. The van der Waals surface area contributed by atoms with Crippen molar-refractivity contribution in [3.63, 3.8) is 0 Å². The first-order chi connectivity index (χ1) is 8.19. The number of methoxy groups -OCH3 is 1. The van der Waals surface area contributed by atoms with E-state index in [4.69, 9.17) is 9.26 Å². The van der Waals surface area contributed by atoms with Gasteiger partial charge >= 0.3 is 0 Å². The number of aromatic nitrogens is 2. The highest BCUT2D eigenvalue weighted by atomic mass is 79.9. The fourth-order valence-corrected chi connectivity index (χ4v) is 2.15. The molecule has 0 saturated heterocycles. The van der Waals surface area contributed by atoms with Crippen LogP contribution in [-0.2, 0) is 12.8 Å². The summed E-state index contributed by atoms with van der Waals surface area (Å²) in [4.78, 5) is 4.17. The van der Waals surface area contributed by atoms with Gasteiger partial charge in [0, 0.05) is 13.3 Å². The Bertz CT molecular complexity index is 511. The standard InChI is InChI=1S/C12H13BrN2O2/c1-8-14-12(15-17-8)6-4-9-3-5-11(16-2)10(13)7-9/h3,5,7H,4,6H2,1-2H3. The molecule has 0 saturated carbocycles. The van der Waals surface area contributed by atoms with Crippen molar-refractivity contribution in [3.8, 4) is 5.75 Å². The molecule has 0 N–H and O–H groups in total. The minimum absolute atomic E-state index is 0.607. The lowest BCUT2D eigenvalue weighted by Gasteiger charge is -2.05. The quantitative estimate of drug-likeness (QED) is 0.870. The van der Waals surface area contributed by atoms with Crippen molar-refractivity contribution in [1.82, 2.24) is 10.1 Å². The molecule has 0 atom stereocenters. The van der Waals surface area contributed by atoms with Gasteiger partial charge in [0.2, 0.25) is 5.89 Å². The Morgan fingerprint density at radius 1 is 1.35 bits per heavy atom. The van der Waals surface area contributed by atoms with Gasteiger partial charge in [0.05, 0.1) is 11.6 Å². The molecule has 0 unspecified atom stereocenters. The van der Waals surface area contributed by atoms with Crippen LogP contribution in [0.3, 0.4) is 0 Å². The molecule has 1 heterocycles. The van der Waals surface area contributed by atoms with Crippen LogP contribution in [0.4, 0.5) is 0 Å². The summed E-state index contributed by atoms with van der Waals surface area (Å²) in [5.41, 5.74) is 1.21. The summed E-state index contributed by atoms with van der Waals surface area (Å²) >= 11 is 3.46. The van der Waals surface area contributed by atoms with Crippen LogP contribution < -0.4 is 4.74 Å². The number of ether oxygens (including phenoxy) is 1. The summed E-state index contributed by atoms with van der Waals surface area (Å²) in [6.07, 6.45) is 1.65. The van der Waals surface area contributed by atoms with Gasteiger partial charge in [0.1, 0.15) is 5.75 Å². The van der Waals surface area contributed by atoms with E-state index in [0.29, 0.717) is 5.89 Å². The number of aryl methyl sites for hydroxylation is 3. The number of hydrogen-bond acceptors (Lipinski definition) is 4. The van der Waals surface area contributed by atoms with Gasteiger partial charge in [-0.1, -0.05) is 11.2 Å². The number of nitrogens with zero attached hydrogens (tertiary/aromatic N) is 2. The van der Waals surface area contributed by atoms with E-state index in [1.807, 2.05) is 18.2 Å². The van der Waals surface area contributed by atoms with E-state index in [9.17, 15) is 0 Å².